The predicted molar refractivity (Wildman–Crippen MR) is 106 cm³/mol. The van der Waals surface area contributed by atoms with Crippen molar-refractivity contribution in [1.29, 1.82) is 5.41 Å². The fourth-order valence-corrected chi connectivity index (χ4v) is 1.98. The van der Waals surface area contributed by atoms with Crippen molar-refractivity contribution in [2.45, 2.75) is 19.9 Å². The van der Waals surface area contributed by atoms with E-state index in [9.17, 15) is 14.7 Å². The summed E-state index contributed by atoms with van der Waals surface area (Å²) in [6, 6.07) is 13.5. The molecule has 27 heavy (non-hydrogen) atoms. The number of hydrogen-bond acceptors (Lipinski definition) is 4. The van der Waals surface area contributed by atoms with Gasteiger partial charge in [-0.25, -0.2) is 4.79 Å². The number of rotatable bonds is 6. The number of carboxylic acids is 1. The van der Waals surface area contributed by atoms with Gasteiger partial charge in [-0.15, -0.1) is 0 Å². The molecule has 1 atom stereocenters. The number of carbonyl (C=O) groups excluding carboxylic acids is 1. The smallest absolute Gasteiger partial charge is 0.330 e. The van der Waals surface area contributed by atoms with Crippen molar-refractivity contribution >= 4 is 17.7 Å². The van der Waals surface area contributed by atoms with Crippen LogP contribution in [0.3, 0.4) is 0 Å². The van der Waals surface area contributed by atoms with Crippen LogP contribution in [0.25, 0.3) is 0 Å². The van der Waals surface area contributed by atoms with E-state index in [1.807, 2.05) is 0 Å². The number of nitrogens with one attached hydrogen (secondary N) is 2. The lowest BCUT2D eigenvalue weighted by Crippen LogP contribution is -2.33. The maximum absolute atomic E-state index is 12.2. The molecule has 0 radical (unpaired) electrons. The molecule has 144 valence electrons. The molecule has 1 amide bonds. The standard InChI is InChI=1S/C16H15N3O3.C4H11N/c17-14(18)11-7-4-8-12(9-11)15(20)19-13(16(21)22)10-5-2-1-3-6-10;1-4(2)3-5/h1-9,13H,(H3,17,18)(H,19,20)(H,21,22);4H,3,5H2,1-2H3/t13-;/m1./s1. The van der Waals surface area contributed by atoms with Gasteiger partial charge in [0.15, 0.2) is 6.04 Å². The summed E-state index contributed by atoms with van der Waals surface area (Å²) in [5, 5.41) is 19.1. The van der Waals surface area contributed by atoms with Gasteiger partial charge < -0.3 is 21.9 Å². The SMILES string of the molecule is CC(C)CN.N=C(N)c1cccc(C(=O)N[C@@H](C(=O)O)c2ccccc2)c1. The highest BCUT2D eigenvalue weighted by molar-refractivity contribution is 6.01. The number of nitrogen functional groups attached to an aromatic ring is 1. The van der Waals surface area contributed by atoms with Crippen molar-refractivity contribution in [3.8, 4) is 0 Å². The summed E-state index contributed by atoms with van der Waals surface area (Å²) in [5.41, 5.74) is 11.7. The monoisotopic (exact) mass is 370 g/mol. The first kappa shape index (κ1) is 21.9. The first-order valence-corrected chi connectivity index (χ1v) is 8.49. The van der Waals surface area contributed by atoms with Gasteiger partial charge in [0, 0.05) is 11.1 Å². The van der Waals surface area contributed by atoms with Crippen LogP contribution >= 0.6 is 0 Å². The molecule has 0 saturated heterocycles. The van der Waals surface area contributed by atoms with E-state index < -0.39 is 17.9 Å². The molecule has 0 aliphatic carbocycles. The fraction of sp³-hybridized carbons (Fsp3) is 0.250. The van der Waals surface area contributed by atoms with E-state index in [1.165, 1.54) is 12.1 Å². The van der Waals surface area contributed by atoms with Gasteiger partial charge in [0.2, 0.25) is 0 Å². The Bertz CT molecular complexity index is 776. The zero-order valence-corrected chi connectivity index (χ0v) is 15.5. The molecule has 0 unspecified atom stereocenters. The van der Waals surface area contributed by atoms with Crippen molar-refractivity contribution in [2.75, 3.05) is 6.54 Å². The van der Waals surface area contributed by atoms with Gasteiger partial charge in [-0.3, -0.25) is 10.2 Å². The number of hydrogen-bond donors (Lipinski definition) is 5. The number of aliphatic carboxylic acids is 1. The maximum Gasteiger partial charge on any atom is 0.330 e. The normalized spacial score (nSPS) is 11.1. The summed E-state index contributed by atoms with van der Waals surface area (Å²) >= 11 is 0. The predicted octanol–water partition coefficient (Wildman–Crippen LogP) is 2.13. The molecule has 0 aromatic heterocycles. The highest BCUT2D eigenvalue weighted by Gasteiger charge is 2.22. The Morgan fingerprint density at radius 2 is 1.63 bits per heavy atom. The first-order chi connectivity index (χ1) is 12.8. The third kappa shape index (κ3) is 7.29. The van der Waals surface area contributed by atoms with Crippen LogP contribution in [0.2, 0.25) is 0 Å². The van der Waals surface area contributed by atoms with E-state index in [0.717, 1.165) is 6.54 Å². The van der Waals surface area contributed by atoms with E-state index in [-0.39, 0.29) is 11.4 Å². The molecule has 0 aliphatic heterocycles. The minimum Gasteiger partial charge on any atom is -0.479 e. The van der Waals surface area contributed by atoms with Gasteiger partial charge in [0.05, 0.1) is 0 Å². The van der Waals surface area contributed by atoms with Crippen molar-refractivity contribution in [3.05, 3.63) is 71.3 Å². The number of nitrogens with two attached hydrogens (primary N) is 2. The number of carboxylic acid groups (broad SMARTS) is 1. The summed E-state index contributed by atoms with van der Waals surface area (Å²) < 4.78 is 0. The molecule has 0 fully saturated rings. The molecule has 2 aromatic rings. The second kappa shape index (κ2) is 10.7. The summed E-state index contributed by atoms with van der Waals surface area (Å²) in [6.07, 6.45) is 0. The Kier molecular flexibility index (Phi) is 8.68. The van der Waals surface area contributed by atoms with Gasteiger partial charge in [0.1, 0.15) is 5.84 Å². The summed E-state index contributed by atoms with van der Waals surface area (Å²) in [6.45, 7) is 5.00. The van der Waals surface area contributed by atoms with Crippen LogP contribution in [0.1, 0.15) is 41.4 Å². The average molecular weight is 370 g/mol. The van der Waals surface area contributed by atoms with Crippen LogP contribution in [0.4, 0.5) is 0 Å². The highest BCUT2D eigenvalue weighted by Crippen LogP contribution is 2.14. The number of carbonyl (C=O) groups is 2. The summed E-state index contributed by atoms with van der Waals surface area (Å²) in [4.78, 5) is 23.6. The molecular formula is C20H26N4O3. The molecular weight excluding hydrogens is 344 g/mol. The lowest BCUT2D eigenvalue weighted by molar-refractivity contribution is -0.139. The van der Waals surface area contributed by atoms with Gasteiger partial charge in [-0.05, 0) is 30.2 Å². The summed E-state index contributed by atoms with van der Waals surface area (Å²) in [7, 11) is 0. The molecule has 2 aromatic carbocycles. The van der Waals surface area contributed by atoms with Crippen LogP contribution in [-0.4, -0.2) is 29.4 Å². The van der Waals surface area contributed by atoms with E-state index in [0.29, 0.717) is 17.0 Å². The second-order valence-corrected chi connectivity index (χ2v) is 6.28. The number of benzene rings is 2. The largest absolute Gasteiger partial charge is 0.479 e. The average Bonchev–Trinajstić information content (AvgIpc) is 2.66. The van der Waals surface area contributed by atoms with E-state index in [1.54, 1.807) is 42.5 Å². The van der Waals surface area contributed by atoms with E-state index >= 15 is 0 Å². The quantitative estimate of drug-likeness (QED) is 0.391. The molecule has 7 N–H and O–H groups in total. The van der Waals surface area contributed by atoms with Crippen molar-refractivity contribution in [2.24, 2.45) is 17.4 Å². The van der Waals surface area contributed by atoms with E-state index in [4.69, 9.17) is 16.9 Å². The first-order valence-electron chi connectivity index (χ1n) is 8.49. The van der Waals surface area contributed by atoms with Crippen LogP contribution in [0.5, 0.6) is 0 Å². The number of amides is 1. The van der Waals surface area contributed by atoms with Crippen molar-refractivity contribution < 1.29 is 14.7 Å². The molecule has 7 heteroatoms. The van der Waals surface area contributed by atoms with Gasteiger partial charge in [0.25, 0.3) is 5.91 Å². The summed E-state index contributed by atoms with van der Waals surface area (Å²) in [5.74, 6) is -1.19. The topological polar surface area (TPSA) is 142 Å². The molecule has 0 saturated carbocycles. The zero-order valence-electron chi connectivity index (χ0n) is 15.5. The Hall–Kier alpha value is -3.19. The zero-order chi connectivity index (χ0) is 20.4. The third-order valence-electron chi connectivity index (χ3n) is 3.56. The highest BCUT2D eigenvalue weighted by atomic mass is 16.4. The maximum atomic E-state index is 12.2. The Labute approximate surface area is 158 Å². The van der Waals surface area contributed by atoms with Gasteiger partial charge >= 0.3 is 5.97 Å². The van der Waals surface area contributed by atoms with Gasteiger partial charge in [-0.2, -0.15) is 0 Å². The Balaban J connectivity index is 0.000000646. The van der Waals surface area contributed by atoms with Crippen LogP contribution in [0, 0.1) is 11.3 Å². The Morgan fingerprint density at radius 3 is 2.11 bits per heavy atom. The molecule has 0 bridgehead atoms. The van der Waals surface area contributed by atoms with Crippen molar-refractivity contribution in [1.82, 2.24) is 5.32 Å². The lowest BCUT2D eigenvalue weighted by Gasteiger charge is -2.15. The minimum atomic E-state index is -1.15. The second-order valence-electron chi connectivity index (χ2n) is 6.28. The Morgan fingerprint density at radius 1 is 1.07 bits per heavy atom. The molecule has 0 spiro atoms. The molecule has 0 heterocycles. The molecule has 0 aliphatic rings. The molecule has 7 nitrogen and oxygen atoms in total. The fourth-order valence-electron chi connectivity index (χ4n) is 1.98. The number of amidine groups is 1. The van der Waals surface area contributed by atoms with E-state index in [2.05, 4.69) is 19.2 Å². The van der Waals surface area contributed by atoms with Crippen molar-refractivity contribution in [3.63, 3.8) is 0 Å². The molecule has 2 rings (SSSR count). The lowest BCUT2D eigenvalue weighted by atomic mass is 10.1. The van der Waals surface area contributed by atoms with Gasteiger partial charge in [-0.1, -0.05) is 56.3 Å². The van der Waals surface area contributed by atoms with Crippen LogP contribution in [0.15, 0.2) is 54.6 Å². The minimum absolute atomic E-state index is 0.160. The van der Waals surface area contributed by atoms with Crippen LogP contribution < -0.4 is 16.8 Å². The third-order valence-corrected chi connectivity index (χ3v) is 3.56. The van der Waals surface area contributed by atoms with Crippen LogP contribution in [-0.2, 0) is 4.79 Å².